The van der Waals surface area contributed by atoms with Gasteiger partial charge in [-0.15, -0.1) is 0 Å². The summed E-state index contributed by atoms with van der Waals surface area (Å²) in [5.74, 6) is 0.750. The summed E-state index contributed by atoms with van der Waals surface area (Å²) in [6.07, 6.45) is 9.58. The average molecular weight is 306 g/mol. The van der Waals surface area contributed by atoms with E-state index in [1.165, 1.54) is 12.8 Å². The molecule has 0 unspecified atom stereocenters. The largest absolute Gasteiger partial charge is 0.373 e. The zero-order valence-corrected chi connectivity index (χ0v) is 13.3. The number of ether oxygens (including phenoxy) is 1. The zero-order valence-electron chi connectivity index (χ0n) is 13.3. The van der Waals surface area contributed by atoms with Crippen LogP contribution in [0.1, 0.15) is 51.9 Å². The lowest BCUT2D eigenvalue weighted by Gasteiger charge is -2.21. The second-order valence-corrected chi connectivity index (χ2v) is 6.49. The maximum Gasteiger partial charge on any atom is 0.320 e. The molecule has 0 aromatic carbocycles. The molecular formula is C16H26N4O2. The normalized spacial score (nSPS) is 23.0. The van der Waals surface area contributed by atoms with E-state index in [1.807, 2.05) is 10.7 Å². The molecule has 6 nitrogen and oxygen atoms in total. The second kappa shape index (κ2) is 6.69. The Kier molecular flexibility index (Phi) is 4.66. The number of hydrogen-bond donors (Lipinski definition) is 2. The molecule has 22 heavy (non-hydrogen) atoms. The Bertz CT molecular complexity index is 508. The van der Waals surface area contributed by atoms with Crippen molar-refractivity contribution < 1.29 is 9.53 Å². The van der Waals surface area contributed by atoms with Crippen molar-refractivity contribution in [1.82, 2.24) is 15.1 Å². The van der Waals surface area contributed by atoms with Gasteiger partial charge in [-0.25, -0.2) is 9.48 Å². The van der Waals surface area contributed by atoms with Gasteiger partial charge in [0.25, 0.3) is 0 Å². The standard InChI is InChI=1S/C16H26N4O2/c1-2-3-10-20-14(6-9-17-20)19-15(21)18-13-11-16(22-12-13)7-4-5-8-16/h6,9,13H,2-5,7-8,10-12H2,1H3,(H2,18,19,21)/t13-/m0/s1. The quantitative estimate of drug-likeness (QED) is 0.879. The predicted molar refractivity (Wildman–Crippen MR) is 84.8 cm³/mol. The fourth-order valence-corrected chi connectivity index (χ4v) is 3.57. The van der Waals surface area contributed by atoms with Crippen LogP contribution >= 0.6 is 0 Å². The van der Waals surface area contributed by atoms with Gasteiger partial charge in [0.15, 0.2) is 0 Å². The Morgan fingerprint density at radius 2 is 2.32 bits per heavy atom. The second-order valence-electron chi connectivity index (χ2n) is 6.49. The fourth-order valence-electron chi connectivity index (χ4n) is 3.57. The van der Waals surface area contributed by atoms with Crippen molar-refractivity contribution in [3.8, 4) is 0 Å². The lowest BCUT2D eigenvalue weighted by Crippen LogP contribution is -2.39. The molecule has 1 spiro atoms. The molecule has 1 aliphatic carbocycles. The SMILES string of the molecule is CCCCn1nccc1NC(=O)N[C@@H]1COC2(CCCC2)C1. The molecule has 0 radical (unpaired) electrons. The zero-order chi connectivity index (χ0) is 15.4. The number of nitrogens with zero attached hydrogens (tertiary/aromatic N) is 2. The molecule has 1 saturated carbocycles. The van der Waals surface area contributed by atoms with Gasteiger partial charge in [0.05, 0.1) is 24.4 Å². The van der Waals surface area contributed by atoms with Crippen LogP contribution in [0.4, 0.5) is 10.6 Å². The molecule has 2 heterocycles. The molecule has 1 saturated heterocycles. The smallest absolute Gasteiger partial charge is 0.320 e. The molecule has 2 fully saturated rings. The third kappa shape index (κ3) is 3.43. The first-order chi connectivity index (χ1) is 10.7. The first kappa shape index (κ1) is 15.3. The molecule has 1 atom stereocenters. The number of aryl methyl sites for hydroxylation is 1. The molecule has 1 aromatic rings. The molecule has 2 amide bonds. The van der Waals surface area contributed by atoms with E-state index in [-0.39, 0.29) is 17.7 Å². The van der Waals surface area contributed by atoms with Crippen LogP contribution in [0.5, 0.6) is 0 Å². The van der Waals surface area contributed by atoms with Crippen LogP contribution in [0.3, 0.4) is 0 Å². The summed E-state index contributed by atoms with van der Waals surface area (Å²) in [6, 6.07) is 1.78. The van der Waals surface area contributed by atoms with E-state index in [4.69, 9.17) is 4.74 Å². The van der Waals surface area contributed by atoms with Gasteiger partial charge in [-0.3, -0.25) is 5.32 Å². The minimum absolute atomic E-state index is 0.0425. The lowest BCUT2D eigenvalue weighted by atomic mass is 9.96. The number of hydrogen-bond acceptors (Lipinski definition) is 3. The van der Waals surface area contributed by atoms with Crippen LogP contribution in [0.25, 0.3) is 0 Å². The number of carbonyl (C=O) groups excluding carboxylic acids is 1. The van der Waals surface area contributed by atoms with Gasteiger partial charge >= 0.3 is 6.03 Å². The molecule has 6 heteroatoms. The third-order valence-electron chi connectivity index (χ3n) is 4.74. The van der Waals surface area contributed by atoms with E-state index in [1.54, 1.807) is 6.20 Å². The van der Waals surface area contributed by atoms with Gasteiger partial charge in [-0.1, -0.05) is 26.2 Å². The van der Waals surface area contributed by atoms with Crippen LogP contribution in [-0.2, 0) is 11.3 Å². The van der Waals surface area contributed by atoms with Crippen LogP contribution < -0.4 is 10.6 Å². The number of unbranched alkanes of at least 4 members (excludes halogenated alkanes) is 1. The lowest BCUT2D eigenvalue weighted by molar-refractivity contribution is 0.00998. The molecule has 2 N–H and O–H groups in total. The van der Waals surface area contributed by atoms with Crippen LogP contribution in [0.2, 0.25) is 0 Å². The Balaban J connectivity index is 1.50. The summed E-state index contributed by atoms with van der Waals surface area (Å²) in [5, 5.41) is 10.2. The topological polar surface area (TPSA) is 68.2 Å². The Morgan fingerprint density at radius 1 is 1.50 bits per heavy atom. The highest BCUT2D eigenvalue weighted by Gasteiger charge is 2.42. The summed E-state index contributed by atoms with van der Waals surface area (Å²) < 4.78 is 7.81. The van der Waals surface area contributed by atoms with Crippen molar-refractivity contribution in [3.05, 3.63) is 12.3 Å². The highest BCUT2D eigenvalue weighted by Crippen LogP contribution is 2.40. The average Bonchev–Trinajstić information content (AvgIpc) is 3.21. The minimum atomic E-state index is -0.165. The summed E-state index contributed by atoms with van der Waals surface area (Å²) in [6.45, 7) is 3.60. The summed E-state index contributed by atoms with van der Waals surface area (Å²) in [7, 11) is 0. The highest BCUT2D eigenvalue weighted by molar-refractivity contribution is 5.88. The third-order valence-corrected chi connectivity index (χ3v) is 4.74. The van der Waals surface area contributed by atoms with Crippen molar-refractivity contribution in [3.63, 3.8) is 0 Å². The van der Waals surface area contributed by atoms with Gasteiger partial charge in [0.1, 0.15) is 5.82 Å². The van der Waals surface area contributed by atoms with Crippen molar-refractivity contribution in [2.75, 3.05) is 11.9 Å². The number of amides is 2. The number of aromatic nitrogens is 2. The van der Waals surface area contributed by atoms with E-state index < -0.39 is 0 Å². The van der Waals surface area contributed by atoms with Crippen molar-refractivity contribution in [2.45, 2.75) is 70.1 Å². The van der Waals surface area contributed by atoms with Gasteiger partial charge in [-0.2, -0.15) is 5.10 Å². The molecule has 2 aliphatic rings. The molecule has 1 aliphatic heterocycles. The number of anilines is 1. The first-order valence-corrected chi connectivity index (χ1v) is 8.44. The van der Waals surface area contributed by atoms with Gasteiger partial charge in [-0.05, 0) is 25.7 Å². The minimum Gasteiger partial charge on any atom is -0.373 e. The maximum atomic E-state index is 12.2. The number of rotatable bonds is 5. The van der Waals surface area contributed by atoms with E-state index in [2.05, 4.69) is 22.7 Å². The highest BCUT2D eigenvalue weighted by atomic mass is 16.5. The summed E-state index contributed by atoms with van der Waals surface area (Å²) in [4.78, 5) is 12.2. The Labute approximate surface area is 131 Å². The molecule has 0 bridgehead atoms. The van der Waals surface area contributed by atoms with Crippen molar-refractivity contribution >= 4 is 11.8 Å². The van der Waals surface area contributed by atoms with Gasteiger partial charge in [0.2, 0.25) is 0 Å². The van der Waals surface area contributed by atoms with Gasteiger partial charge in [0, 0.05) is 12.6 Å². The van der Waals surface area contributed by atoms with E-state index in [9.17, 15) is 4.79 Å². The van der Waals surface area contributed by atoms with Crippen molar-refractivity contribution in [1.29, 1.82) is 0 Å². The fraction of sp³-hybridized carbons (Fsp3) is 0.750. The molecular weight excluding hydrogens is 280 g/mol. The van der Waals surface area contributed by atoms with Gasteiger partial charge < -0.3 is 10.1 Å². The van der Waals surface area contributed by atoms with Crippen LogP contribution in [-0.4, -0.2) is 34.1 Å². The Hall–Kier alpha value is -1.56. The molecule has 122 valence electrons. The van der Waals surface area contributed by atoms with Crippen molar-refractivity contribution in [2.24, 2.45) is 0 Å². The number of nitrogens with one attached hydrogen (secondary N) is 2. The molecule has 1 aromatic heterocycles. The number of urea groups is 1. The van der Waals surface area contributed by atoms with Crippen LogP contribution in [0.15, 0.2) is 12.3 Å². The van der Waals surface area contributed by atoms with E-state index >= 15 is 0 Å². The van der Waals surface area contributed by atoms with E-state index in [0.29, 0.717) is 6.61 Å². The predicted octanol–water partition coefficient (Wildman–Crippen LogP) is 2.91. The summed E-state index contributed by atoms with van der Waals surface area (Å²) >= 11 is 0. The monoisotopic (exact) mass is 306 g/mol. The van der Waals surface area contributed by atoms with Crippen LogP contribution in [0, 0.1) is 0 Å². The van der Waals surface area contributed by atoms with E-state index in [0.717, 1.165) is 44.5 Å². The maximum absolute atomic E-state index is 12.2. The Morgan fingerprint density at radius 3 is 3.09 bits per heavy atom. The first-order valence-electron chi connectivity index (χ1n) is 8.44. The molecule has 3 rings (SSSR count). The number of carbonyl (C=O) groups is 1. The summed E-state index contributed by atoms with van der Waals surface area (Å²) in [5.41, 5.74) is 0.0425.